The smallest absolute Gasteiger partial charge is 0.0429 e. The van der Waals surface area contributed by atoms with E-state index in [2.05, 4.69) is 52.3 Å². The van der Waals surface area contributed by atoms with Gasteiger partial charge in [0.2, 0.25) is 0 Å². The summed E-state index contributed by atoms with van der Waals surface area (Å²) in [5, 5.41) is 3.34. The monoisotopic (exact) mass is 378 g/mol. The van der Waals surface area contributed by atoms with E-state index in [1.807, 2.05) is 12.1 Å². The van der Waals surface area contributed by atoms with Crippen LogP contribution in [0.1, 0.15) is 0 Å². The second-order valence-corrected chi connectivity index (χ2v) is 7.99. The Bertz CT molecular complexity index is 845. The van der Waals surface area contributed by atoms with Crippen molar-refractivity contribution in [1.29, 1.82) is 0 Å². The molecule has 0 aliphatic carbocycles. The maximum atomic E-state index is 6.15. The normalized spacial score (nSPS) is 13.1. The molecule has 3 aromatic rings. The number of halogens is 2. The van der Waals surface area contributed by atoms with Crippen LogP contribution >= 0.6 is 51.1 Å². The number of hydrogen-bond acceptors (Lipinski definition) is 2. The molecule has 1 aliphatic rings. The third-order valence-corrected chi connectivity index (χ3v) is 6.88. The highest BCUT2D eigenvalue weighted by atomic mass is 79.9. The zero-order valence-electron chi connectivity index (χ0n) is 10.2. The summed E-state index contributed by atoms with van der Waals surface area (Å²) in [6, 6.07) is 17.0. The molecule has 1 heterocycles. The predicted molar refractivity (Wildman–Crippen MR) is 91.3 cm³/mol. The fourth-order valence-corrected chi connectivity index (χ4v) is 5.90. The van der Waals surface area contributed by atoms with Crippen LogP contribution in [-0.2, 0) is 0 Å². The molecule has 1 aliphatic heterocycles. The Balaban J connectivity index is 1.91. The summed E-state index contributed by atoms with van der Waals surface area (Å²) >= 11 is 13.4. The van der Waals surface area contributed by atoms with Crippen LogP contribution in [0.5, 0.6) is 0 Å². The fourth-order valence-electron chi connectivity index (χ4n) is 2.30. The van der Waals surface area contributed by atoms with E-state index in [1.165, 1.54) is 30.4 Å². The van der Waals surface area contributed by atoms with Gasteiger partial charge in [0.1, 0.15) is 0 Å². The van der Waals surface area contributed by atoms with Crippen molar-refractivity contribution in [2.24, 2.45) is 0 Å². The van der Waals surface area contributed by atoms with Gasteiger partial charge in [-0.05, 0) is 51.0 Å². The Morgan fingerprint density at radius 1 is 0.800 bits per heavy atom. The first-order chi connectivity index (χ1) is 9.70. The summed E-state index contributed by atoms with van der Waals surface area (Å²) in [4.78, 5) is 5.08. The molecule has 0 unspecified atom stereocenters. The summed E-state index contributed by atoms with van der Waals surface area (Å²) in [6.45, 7) is 0. The largest absolute Gasteiger partial charge is 0.0876 e. The van der Waals surface area contributed by atoms with Gasteiger partial charge in [-0.3, -0.25) is 0 Å². The third-order valence-electron chi connectivity index (χ3n) is 3.22. The molecular formula is C16H8BrClS2. The average molecular weight is 380 g/mol. The molecule has 0 aromatic heterocycles. The lowest BCUT2D eigenvalue weighted by Crippen LogP contribution is -1.91. The Hall–Kier alpha value is -0.610. The van der Waals surface area contributed by atoms with E-state index < -0.39 is 0 Å². The summed E-state index contributed by atoms with van der Waals surface area (Å²) in [5.74, 6) is 0. The van der Waals surface area contributed by atoms with Crippen molar-refractivity contribution in [3.05, 3.63) is 58.0 Å². The van der Waals surface area contributed by atoms with Crippen LogP contribution in [0, 0.1) is 0 Å². The minimum atomic E-state index is 0.771. The molecule has 0 saturated carbocycles. The van der Waals surface area contributed by atoms with Gasteiger partial charge in [0.15, 0.2) is 0 Å². The van der Waals surface area contributed by atoms with Gasteiger partial charge in [-0.1, -0.05) is 59.4 Å². The number of hydrogen-bond donors (Lipinski definition) is 0. The third kappa shape index (κ3) is 2.17. The number of rotatable bonds is 0. The SMILES string of the molecule is Clc1cc(Br)c2c(c1)Sc1cc3ccccc3cc1S2. The van der Waals surface area contributed by atoms with E-state index in [0.29, 0.717) is 0 Å². The van der Waals surface area contributed by atoms with Crippen LogP contribution in [-0.4, -0.2) is 0 Å². The Kier molecular flexibility index (Phi) is 3.26. The van der Waals surface area contributed by atoms with Gasteiger partial charge in [0, 0.05) is 29.1 Å². The van der Waals surface area contributed by atoms with Crippen LogP contribution in [0.15, 0.2) is 72.6 Å². The van der Waals surface area contributed by atoms with E-state index in [-0.39, 0.29) is 0 Å². The van der Waals surface area contributed by atoms with Crippen LogP contribution in [0.25, 0.3) is 10.8 Å². The Labute approximate surface area is 139 Å². The van der Waals surface area contributed by atoms with E-state index in [9.17, 15) is 0 Å². The van der Waals surface area contributed by atoms with E-state index >= 15 is 0 Å². The number of fused-ring (bicyclic) bond motifs is 3. The zero-order chi connectivity index (χ0) is 13.7. The minimum Gasteiger partial charge on any atom is -0.0876 e. The van der Waals surface area contributed by atoms with Gasteiger partial charge in [-0.2, -0.15) is 0 Å². The highest BCUT2D eigenvalue weighted by molar-refractivity contribution is 9.10. The van der Waals surface area contributed by atoms with Crippen LogP contribution < -0.4 is 0 Å². The van der Waals surface area contributed by atoms with Gasteiger partial charge in [0.05, 0.1) is 0 Å². The molecule has 0 N–H and O–H groups in total. The van der Waals surface area contributed by atoms with Crippen molar-refractivity contribution in [2.45, 2.75) is 19.6 Å². The zero-order valence-corrected chi connectivity index (χ0v) is 14.2. The van der Waals surface area contributed by atoms with Crippen molar-refractivity contribution in [3.63, 3.8) is 0 Å². The lowest BCUT2D eigenvalue weighted by Gasteiger charge is -2.20. The molecule has 0 fully saturated rings. The lowest BCUT2D eigenvalue weighted by molar-refractivity contribution is 1.15. The maximum absolute atomic E-state index is 6.15. The van der Waals surface area contributed by atoms with E-state index in [0.717, 1.165) is 9.50 Å². The topological polar surface area (TPSA) is 0 Å². The fraction of sp³-hybridized carbons (Fsp3) is 0. The van der Waals surface area contributed by atoms with Crippen LogP contribution in [0.2, 0.25) is 5.02 Å². The molecule has 98 valence electrons. The quantitative estimate of drug-likeness (QED) is 0.327. The molecule has 0 saturated heterocycles. The first-order valence-corrected chi connectivity index (χ1v) is 8.89. The first-order valence-electron chi connectivity index (χ1n) is 6.08. The maximum Gasteiger partial charge on any atom is 0.0429 e. The molecular weight excluding hydrogens is 372 g/mol. The molecule has 0 spiro atoms. The summed E-state index contributed by atoms with van der Waals surface area (Å²) in [6.07, 6.45) is 0. The van der Waals surface area contributed by atoms with Crippen LogP contribution in [0.4, 0.5) is 0 Å². The second-order valence-electron chi connectivity index (χ2n) is 4.57. The lowest BCUT2D eigenvalue weighted by atomic mass is 10.1. The molecule has 0 atom stereocenters. The second kappa shape index (κ2) is 4.99. The number of benzene rings is 3. The van der Waals surface area contributed by atoms with E-state index in [1.54, 1.807) is 23.5 Å². The van der Waals surface area contributed by atoms with Gasteiger partial charge in [-0.25, -0.2) is 0 Å². The summed E-state index contributed by atoms with van der Waals surface area (Å²) in [5.41, 5.74) is 0. The molecule has 0 nitrogen and oxygen atoms in total. The molecule has 4 rings (SSSR count). The van der Waals surface area contributed by atoms with Crippen LogP contribution in [0.3, 0.4) is 0 Å². The van der Waals surface area contributed by atoms with E-state index in [4.69, 9.17) is 11.6 Å². The highest BCUT2D eigenvalue weighted by Crippen LogP contribution is 2.52. The average Bonchev–Trinajstić information content (AvgIpc) is 2.43. The van der Waals surface area contributed by atoms with Crippen molar-refractivity contribution >= 4 is 61.8 Å². The standard InChI is InChI=1S/C16H8BrClS2/c17-12-7-11(18)8-15-16(12)20-14-6-10-4-2-1-3-9(10)5-13(14)19-15/h1-8H. The molecule has 4 heteroatoms. The predicted octanol–water partition coefficient (Wildman–Crippen LogP) is 6.87. The van der Waals surface area contributed by atoms with Gasteiger partial charge in [-0.15, -0.1) is 0 Å². The minimum absolute atomic E-state index is 0.771. The molecule has 3 aromatic carbocycles. The van der Waals surface area contributed by atoms with Gasteiger partial charge in [0.25, 0.3) is 0 Å². The molecule has 0 bridgehead atoms. The first kappa shape index (κ1) is 13.1. The van der Waals surface area contributed by atoms with Crippen molar-refractivity contribution in [2.75, 3.05) is 0 Å². The van der Waals surface area contributed by atoms with Crippen molar-refractivity contribution < 1.29 is 0 Å². The summed E-state index contributed by atoms with van der Waals surface area (Å²) < 4.78 is 1.07. The Morgan fingerprint density at radius 3 is 2.15 bits per heavy atom. The van der Waals surface area contributed by atoms with Gasteiger partial charge < -0.3 is 0 Å². The molecule has 0 radical (unpaired) electrons. The van der Waals surface area contributed by atoms with Crippen molar-refractivity contribution in [3.8, 4) is 0 Å². The summed E-state index contributed by atoms with van der Waals surface area (Å²) in [7, 11) is 0. The highest BCUT2D eigenvalue weighted by Gasteiger charge is 2.20. The molecule has 0 amide bonds. The van der Waals surface area contributed by atoms with Gasteiger partial charge >= 0.3 is 0 Å². The molecule has 20 heavy (non-hydrogen) atoms. The Morgan fingerprint density at radius 2 is 1.45 bits per heavy atom. The van der Waals surface area contributed by atoms with Crippen molar-refractivity contribution in [1.82, 2.24) is 0 Å².